The molecule has 0 aliphatic heterocycles. The Morgan fingerprint density at radius 2 is 0.593 bits per heavy atom. The molecule has 10 aromatic carbocycles. The Hall–Kier alpha value is -15.7. The Kier molecular flexibility index (Phi) is 48.9. The molecule has 6 amide bonds. The van der Waals surface area contributed by atoms with Crippen molar-refractivity contribution in [3.8, 4) is 0 Å². The molecule has 0 aliphatic carbocycles. The van der Waals surface area contributed by atoms with Gasteiger partial charge in [-0.05, 0) is 215 Å². The van der Waals surface area contributed by atoms with Crippen molar-refractivity contribution in [2.24, 2.45) is 0 Å². The normalized spacial score (nSPS) is 12.1. The standard InChI is InChI=1S/C107H118N8O33S2/c1-107(100(124)125,146-106(131)115-91-37-16-31-81(62-91)56-80-30-14-34-88(60-80)112-103(128)143-70-93(117)67-108-147-149(2)132)71-144-104(129)113-89-35-11-26-76(57-89)49-74-20-9-23-83(53-74)63-96(120)136-40-5-6-41-140-101(126)110-86-32-12-28-78(58-86)55-79-29-13-33-87(59-79)111-102(127)141-47-45-135-44-46-139-94(118)38-3-4-39-95(119)145-105(130)114-90-36-15-27-77(61-90)50-75-21-10-24-84(54-75)65-98(122)138-43-17-42-137-97(121)64-82-22-7-18-72(51-82)48-73-19-8-25-85(52-73)66-99(123)142-69-92(116)68-109-148-150(133)134/h7-16,18-37,51-54,57-62,92-93,108-109,116-117H,3-6,17,38-50,55-56,63-71H2,1-2H3,(H,110,126)(H,111,127)(H,112,128)(H,113,129)(H,114,130)(H,115,131)(H,124,125)(H,133,134). The molecule has 5 unspecified atom stereocenters. The van der Waals surface area contributed by atoms with Crippen LogP contribution in [0, 0.1) is 0 Å². The second kappa shape index (κ2) is 63.1. The van der Waals surface area contributed by atoms with E-state index in [-0.39, 0.29) is 143 Å². The highest BCUT2D eigenvalue weighted by molar-refractivity contribution is 7.79. The van der Waals surface area contributed by atoms with Gasteiger partial charge < -0.3 is 72.2 Å². The summed E-state index contributed by atoms with van der Waals surface area (Å²) in [5.74, 6) is -4.86. The lowest BCUT2D eigenvalue weighted by Crippen LogP contribution is -2.46. The van der Waals surface area contributed by atoms with E-state index in [9.17, 15) is 86.1 Å². The van der Waals surface area contributed by atoms with Crippen LogP contribution in [-0.2, 0) is 179 Å². The van der Waals surface area contributed by atoms with Crippen LogP contribution in [0.25, 0.3) is 0 Å². The van der Waals surface area contributed by atoms with Gasteiger partial charge in [-0.1, -0.05) is 170 Å². The van der Waals surface area contributed by atoms with E-state index in [0.717, 1.165) is 68.1 Å². The second-order valence-corrected chi connectivity index (χ2v) is 35.8. The van der Waals surface area contributed by atoms with Gasteiger partial charge in [-0.25, -0.2) is 42.1 Å². The minimum atomic E-state index is -2.56. The molecule has 0 aromatic heterocycles. The summed E-state index contributed by atoms with van der Waals surface area (Å²) in [5.41, 5.74) is 15.5. The van der Waals surface area contributed by atoms with Gasteiger partial charge in [0.05, 0.1) is 78.4 Å². The second-order valence-electron chi connectivity index (χ2n) is 34.2. The van der Waals surface area contributed by atoms with Crippen molar-refractivity contribution in [3.05, 3.63) is 321 Å². The van der Waals surface area contributed by atoms with E-state index in [2.05, 4.69) is 51.4 Å². The van der Waals surface area contributed by atoms with Crippen LogP contribution in [0.4, 0.5) is 62.9 Å². The number of rotatable bonds is 60. The Labute approximate surface area is 869 Å². The van der Waals surface area contributed by atoms with E-state index in [1.165, 1.54) is 6.26 Å². The molecular weight excluding hydrogens is 1990 g/mol. The third kappa shape index (κ3) is 46.6. The van der Waals surface area contributed by atoms with Gasteiger partial charge in [-0.3, -0.25) is 65.2 Å². The molecule has 0 fully saturated rings. The maximum absolute atomic E-state index is 13.1. The van der Waals surface area contributed by atoms with E-state index in [1.54, 1.807) is 146 Å². The lowest BCUT2D eigenvalue weighted by atomic mass is 9.99. The van der Waals surface area contributed by atoms with Crippen molar-refractivity contribution < 1.29 is 156 Å². The molecule has 43 heteroatoms. The number of benzene rings is 10. The quantitative estimate of drug-likeness (QED) is 0.00421. The number of hydroxylamine groups is 2. The number of hydrogen-bond donors (Lipinski definition) is 12. The molecule has 12 N–H and O–H groups in total. The minimum Gasteiger partial charge on any atom is -0.478 e. The fourth-order valence-electron chi connectivity index (χ4n) is 14.6. The fourth-order valence-corrected chi connectivity index (χ4v) is 15.0. The van der Waals surface area contributed by atoms with Gasteiger partial charge in [0.1, 0.15) is 45.2 Å². The van der Waals surface area contributed by atoms with Crippen molar-refractivity contribution in [1.82, 2.24) is 11.0 Å². The Bertz CT molecular complexity index is 6270. The van der Waals surface area contributed by atoms with Crippen LogP contribution >= 0.6 is 0 Å². The van der Waals surface area contributed by atoms with Gasteiger partial charge in [0, 0.05) is 59.6 Å². The number of aliphatic hydroxyl groups is 2. The summed E-state index contributed by atoms with van der Waals surface area (Å²) in [6, 6.07) is 71.0. The maximum Gasteiger partial charge on any atom is 0.419 e. The molecule has 796 valence electrons. The molecule has 0 spiro atoms. The average Bonchev–Trinajstić information content (AvgIpc) is 0.751. The van der Waals surface area contributed by atoms with Crippen molar-refractivity contribution in [2.45, 2.75) is 127 Å². The lowest BCUT2D eigenvalue weighted by molar-refractivity contribution is -0.160. The highest BCUT2D eigenvalue weighted by atomic mass is 32.2. The average molecular weight is 2110 g/mol. The fraction of sp³-hybridized carbons (Fsp3) is 0.318. The number of aliphatic hydroxyl groups excluding tert-OH is 2. The molecule has 10 rings (SSSR count). The maximum atomic E-state index is 13.1. The SMILES string of the molecule is CS(=O)ONCC(O)COC(=O)Nc1cccc(Cc2cccc(NC(=O)OC(C)(COC(=O)Nc3cccc(Cc4cccc(CC(=O)OCCCCOC(=O)Nc5cccc(Cc6cccc(NC(=O)OCCOCCOC(=O)CCCCC(=O)OC(=O)Nc7cccc(Cc8cccc(CC(=O)OCCCOC(=O)Cc9cccc(Cc%10cccc(CC(=O)OCC(O)CNOS(=O)O)c%10)c9)c8)c7)c6)c5)c4)c3)C(=O)O)c2)c1. The largest absolute Gasteiger partial charge is 0.478 e. The van der Waals surface area contributed by atoms with Crippen LogP contribution in [0.5, 0.6) is 0 Å². The third-order valence-electron chi connectivity index (χ3n) is 21.5. The van der Waals surface area contributed by atoms with E-state index in [1.807, 2.05) is 97.1 Å². The summed E-state index contributed by atoms with van der Waals surface area (Å²) in [6.07, 6.45) is -2.83. The molecular formula is C107H118N8O33S2. The number of nitrogens with one attached hydrogen (secondary N) is 8. The Balaban J connectivity index is 0.512. The third-order valence-corrected chi connectivity index (χ3v) is 22.1. The molecule has 150 heavy (non-hydrogen) atoms. The summed E-state index contributed by atoms with van der Waals surface area (Å²) >= 11 is -4.16. The smallest absolute Gasteiger partial charge is 0.419 e. The van der Waals surface area contributed by atoms with Gasteiger partial charge in [0.15, 0.2) is 11.1 Å². The van der Waals surface area contributed by atoms with E-state index >= 15 is 0 Å². The van der Waals surface area contributed by atoms with Crippen LogP contribution in [0.2, 0.25) is 0 Å². The Morgan fingerprint density at radius 1 is 0.307 bits per heavy atom. The number of aliphatic carboxylic acids is 1. The first kappa shape index (κ1) is 116. The van der Waals surface area contributed by atoms with Gasteiger partial charge in [0.25, 0.3) is 0 Å². The minimum absolute atomic E-state index is 0.00341. The number of carboxylic acids is 1. The monoisotopic (exact) mass is 2110 g/mol. The van der Waals surface area contributed by atoms with Crippen molar-refractivity contribution in [3.63, 3.8) is 0 Å². The molecule has 10 aromatic rings. The van der Waals surface area contributed by atoms with Crippen molar-refractivity contribution in [2.75, 3.05) is 124 Å². The molecule has 0 aliphatic rings. The van der Waals surface area contributed by atoms with Crippen LogP contribution in [0.15, 0.2) is 243 Å². The number of carbonyl (C=O) groups is 13. The summed E-state index contributed by atoms with van der Waals surface area (Å²) in [4.78, 5) is 165. The lowest BCUT2D eigenvalue weighted by Gasteiger charge is -2.24. The molecule has 5 atom stereocenters. The number of esters is 6. The zero-order valence-electron chi connectivity index (χ0n) is 82.2. The number of ether oxygens (including phenoxy) is 12. The number of anilines is 6. The molecule has 0 radical (unpaired) electrons. The molecule has 0 saturated carbocycles. The summed E-state index contributed by atoms with van der Waals surface area (Å²) in [5, 5.41) is 45.6. The summed E-state index contributed by atoms with van der Waals surface area (Å²) < 4.78 is 102. The predicted octanol–water partition coefficient (Wildman–Crippen LogP) is 13.9. The van der Waals surface area contributed by atoms with Gasteiger partial charge in [-0.2, -0.15) is 19.5 Å². The molecule has 41 nitrogen and oxygen atoms in total. The van der Waals surface area contributed by atoms with Crippen LogP contribution in [0.3, 0.4) is 0 Å². The molecule has 0 bridgehead atoms. The van der Waals surface area contributed by atoms with Gasteiger partial charge >= 0.3 is 89.7 Å². The van der Waals surface area contributed by atoms with Crippen LogP contribution < -0.4 is 42.9 Å². The number of hydrogen-bond acceptors (Lipinski definition) is 33. The zero-order valence-corrected chi connectivity index (χ0v) is 83.8. The van der Waals surface area contributed by atoms with E-state index in [4.69, 9.17) is 61.4 Å². The number of carboxylic acid groups (broad SMARTS) is 1. The number of unbranched alkanes of at least 4 members (excludes halogenated alkanes) is 2. The summed E-state index contributed by atoms with van der Waals surface area (Å²) in [6.45, 7) is -0.813. The Morgan fingerprint density at radius 3 is 0.967 bits per heavy atom. The van der Waals surface area contributed by atoms with Crippen LogP contribution in [0.1, 0.15) is 130 Å². The summed E-state index contributed by atoms with van der Waals surface area (Å²) in [7, 11) is 0. The van der Waals surface area contributed by atoms with Gasteiger partial charge in [-0.15, -0.1) is 0 Å². The molecule has 0 saturated heterocycles. The first-order valence-corrected chi connectivity index (χ1v) is 50.1. The van der Waals surface area contributed by atoms with E-state index < -0.39 is 125 Å². The number of amides is 6. The highest BCUT2D eigenvalue weighted by Gasteiger charge is 2.40. The topological polar surface area (TPSA) is 562 Å². The van der Waals surface area contributed by atoms with Crippen LogP contribution in [-0.4, -0.2) is 216 Å². The van der Waals surface area contributed by atoms with E-state index in [0.29, 0.717) is 90.1 Å². The van der Waals surface area contributed by atoms with Gasteiger partial charge in [0.2, 0.25) is 5.60 Å². The first-order chi connectivity index (χ1) is 72.3. The predicted molar refractivity (Wildman–Crippen MR) is 547 cm³/mol. The van der Waals surface area contributed by atoms with Crippen molar-refractivity contribution in [1.29, 1.82) is 0 Å². The first-order valence-electron chi connectivity index (χ1n) is 47.6. The zero-order chi connectivity index (χ0) is 107. The highest BCUT2D eigenvalue weighted by Crippen LogP contribution is 2.26. The number of carbonyl (C=O) groups excluding carboxylic acids is 12. The van der Waals surface area contributed by atoms with Crippen molar-refractivity contribution >= 4 is 135 Å². The molecule has 0 heterocycles.